The molecular formula is C25H22F4N2O3. The van der Waals surface area contributed by atoms with Gasteiger partial charge in [0.25, 0.3) is 0 Å². The number of halogens is 4. The van der Waals surface area contributed by atoms with Gasteiger partial charge in [-0.2, -0.15) is 13.2 Å². The monoisotopic (exact) mass is 474 g/mol. The normalized spacial score (nSPS) is 16.2. The minimum atomic E-state index is -4.91. The van der Waals surface area contributed by atoms with E-state index in [-0.39, 0.29) is 23.6 Å². The largest absolute Gasteiger partial charge is 0.466 e. The highest BCUT2D eigenvalue weighted by molar-refractivity contribution is 5.93. The number of methoxy groups -OCH3 is 2. The summed E-state index contributed by atoms with van der Waals surface area (Å²) in [7, 11) is 2.47. The predicted molar refractivity (Wildman–Crippen MR) is 117 cm³/mol. The molecule has 0 saturated carbocycles. The van der Waals surface area contributed by atoms with E-state index in [0.29, 0.717) is 24.6 Å². The summed E-state index contributed by atoms with van der Waals surface area (Å²) in [4.78, 5) is 16.3. The minimum absolute atomic E-state index is 0.0895. The Balaban J connectivity index is 2.23. The third kappa shape index (κ3) is 5.29. The van der Waals surface area contributed by atoms with Crippen molar-refractivity contribution in [2.45, 2.75) is 24.9 Å². The summed E-state index contributed by atoms with van der Waals surface area (Å²) in [5.74, 6) is -3.41. The van der Waals surface area contributed by atoms with Gasteiger partial charge in [-0.25, -0.2) is 14.0 Å². The van der Waals surface area contributed by atoms with Crippen LogP contribution in [0.1, 0.15) is 29.0 Å². The van der Waals surface area contributed by atoms with E-state index >= 15 is 0 Å². The van der Waals surface area contributed by atoms with Crippen LogP contribution in [-0.4, -0.2) is 26.8 Å². The van der Waals surface area contributed by atoms with E-state index in [4.69, 9.17) is 16.0 Å². The molecule has 0 amide bonds. The van der Waals surface area contributed by atoms with Crippen LogP contribution in [0.4, 0.5) is 17.6 Å². The van der Waals surface area contributed by atoms with Gasteiger partial charge in [0.1, 0.15) is 5.82 Å². The zero-order valence-corrected chi connectivity index (χ0v) is 18.5. The number of hydrogen-bond acceptors (Lipinski definition) is 4. The average molecular weight is 474 g/mol. The lowest BCUT2D eigenvalue weighted by molar-refractivity contribution is -0.139. The summed E-state index contributed by atoms with van der Waals surface area (Å²) in [6, 6.07) is 11.6. The minimum Gasteiger partial charge on any atom is -0.466 e. The highest BCUT2D eigenvalue weighted by Crippen LogP contribution is 2.45. The van der Waals surface area contributed by atoms with Crippen molar-refractivity contribution in [3.05, 3.63) is 105 Å². The second-order valence-corrected chi connectivity index (χ2v) is 7.57. The molecule has 3 rings (SSSR count). The van der Waals surface area contributed by atoms with Crippen LogP contribution in [-0.2, 0) is 26.9 Å². The summed E-state index contributed by atoms with van der Waals surface area (Å²) in [5, 5.41) is 3.02. The van der Waals surface area contributed by atoms with Crippen molar-refractivity contribution in [3.63, 3.8) is 0 Å². The summed E-state index contributed by atoms with van der Waals surface area (Å²) in [5.41, 5.74) is -0.433. The number of carbonyl (C=O) groups is 1. The summed E-state index contributed by atoms with van der Waals surface area (Å²) < 4.78 is 65.6. The van der Waals surface area contributed by atoms with Gasteiger partial charge < -0.3 is 14.8 Å². The maximum atomic E-state index is 13.9. The quantitative estimate of drug-likeness (QED) is 0.333. The van der Waals surface area contributed by atoms with Crippen molar-refractivity contribution in [1.29, 1.82) is 0 Å². The first-order valence-corrected chi connectivity index (χ1v) is 10.3. The molecule has 1 aliphatic heterocycles. The smallest absolute Gasteiger partial charge is 0.416 e. The lowest BCUT2D eigenvalue weighted by Crippen LogP contribution is -2.33. The molecule has 2 aromatic rings. The van der Waals surface area contributed by atoms with E-state index < -0.39 is 35.0 Å². The van der Waals surface area contributed by atoms with Crippen LogP contribution in [0.15, 0.2) is 71.2 Å². The Labute approximate surface area is 194 Å². The van der Waals surface area contributed by atoms with E-state index in [0.717, 1.165) is 24.8 Å². The Morgan fingerprint density at radius 2 is 1.79 bits per heavy atom. The Kier molecular flexibility index (Phi) is 7.74. The number of nitrogens with zero attached hydrogens (tertiary/aromatic N) is 1. The molecule has 0 radical (unpaired) electrons. The Hall–Kier alpha value is -3.64. The standard InChI is InChI=1S/C25H22F4N2O3/c1-30-23-19(12-9-15-7-5-4-6-8-15)31-20(14-33-2)22(24(32)34-3)21(23)17-11-10-16(26)13-18(17)25(27,28)29/h4-8,10-11,13,21,31H,9,12,14H2,2-3H3. The molecule has 2 aromatic carbocycles. The molecule has 0 fully saturated rings. The number of alkyl halides is 3. The lowest BCUT2D eigenvalue weighted by atomic mass is 9.80. The van der Waals surface area contributed by atoms with Crippen molar-refractivity contribution in [2.24, 2.45) is 0 Å². The molecule has 0 aromatic heterocycles. The number of ether oxygens (including phenoxy) is 2. The molecule has 1 unspecified atom stereocenters. The number of aryl methyl sites for hydroxylation is 1. The number of nitrogens with one attached hydrogen (secondary N) is 1. The third-order valence-corrected chi connectivity index (χ3v) is 5.45. The predicted octanol–water partition coefficient (Wildman–Crippen LogP) is 5.37. The van der Waals surface area contributed by atoms with Crippen molar-refractivity contribution in [3.8, 4) is 0 Å². The fourth-order valence-electron chi connectivity index (χ4n) is 3.97. The maximum absolute atomic E-state index is 13.9. The Bertz CT molecular complexity index is 1160. The van der Waals surface area contributed by atoms with Gasteiger partial charge in [0.05, 0.1) is 43.0 Å². The first-order valence-electron chi connectivity index (χ1n) is 10.3. The summed E-state index contributed by atoms with van der Waals surface area (Å²) in [6.45, 7) is 7.65. The Morgan fingerprint density at radius 1 is 1.09 bits per heavy atom. The summed E-state index contributed by atoms with van der Waals surface area (Å²) >= 11 is 0. The van der Waals surface area contributed by atoms with Crippen LogP contribution in [0, 0.1) is 12.4 Å². The molecule has 1 heterocycles. The maximum Gasteiger partial charge on any atom is 0.416 e. The van der Waals surface area contributed by atoms with Crippen molar-refractivity contribution >= 4 is 5.97 Å². The molecule has 5 nitrogen and oxygen atoms in total. The molecule has 34 heavy (non-hydrogen) atoms. The second kappa shape index (κ2) is 10.5. The molecule has 1 aliphatic rings. The van der Waals surface area contributed by atoms with Crippen LogP contribution >= 0.6 is 0 Å². The molecule has 1 N–H and O–H groups in total. The first kappa shape index (κ1) is 25.0. The highest BCUT2D eigenvalue weighted by Gasteiger charge is 2.42. The zero-order valence-electron chi connectivity index (χ0n) is 18.5. The van der Waals surface area contributed by atoms with E-state index in [1.54, 1.807) is 0 Å². The van der Waals surface area contributed by atoms with E-state index in [1.165, 1.54) is 7.11 Å². The van der Waals surface area contributed by atoms with Gasteiger partial charge in [-0.1, -0.05) is 36.4 Å². The van der Waals surface area contributed by atoms with Crippen LogP contribution in [0.2, 0.25) is 0 Å². The molecule has 1 atom stereocenters. The number of allylic oxidation sites excluding steroid dienone is 2. The van der Waals surface area contributed by atoms with E-state index in [1.807, 2.05) is 30.3 Å². The van der Waals surface area contributed by atoms with Crippen molar-refractivity contribution < 1.29 is 31.8 Å². The van der Waals surface area contributed by atoms with Gasteiger partial charge in [0, 0.05) is 12.8 Å². The molecule has 9 heteroatoms. The molecule has 0 aliphatic carbocycles. The molecule has 178 valence electrons. The van der Waals surface area contributed by atoms with Crippen LogP contribution in [0.25, 0.3) is 4.85 Å². The van der Waals surface area contributed by atoms with Crippen LogP contribution in [0.5, 0.6) is 0 Å². The van der Waals surface area contributed by atoms with Gasteiger partial charge in [0.15, 0.2) is 5.70 Å². The topological polar surface area (TPSA) is 51.9 Å². The fraction of sp³-hybridized carbons (Fsp3) is 0.280. The number of benzene rings is 2. The SMILES string of the molecule is [C-]#[N+]C1=C(CCc2ccccc2)NC(COC)=C(C(=O)OC)C1c1ccc(F)cc1C(F)(F)F. The fourth-order valence-corrected chi connectivity index (χ4v) is 3.97. The van der Waals surface area contributed by atoms with Gasteiger partial charge in [-0.15, -0.1) is 0 Å². The second-order valence-electron chi connectivity index (χ2n) is 7.57. The molecule has 0 saturated heterocycles. The zero-order chi connectivity index (χ0) is 24.9. The number of esters is 1. The summed E-state index contributed by atoms with van der Waals surface area (Å²) in [6.07, 6.45) is -4.12. The highest BCUT2D eigenvalue weighted by atomic mass is 19.4. The van der Waals surface area contributed by atoms with Crippen LogP contribution in [0.3, 0.4) is 0 Å². The van der Waals surface area contributed by atoms with Crippen molar-refractivity contribution in [2.75, 3.05) is 20.8 Å². The molecule has 0 bridgehead atoms. The number of dihydropyridines is 1. The van der Waals surface area contributed by atoms with Gasteiger partial charge >= 0.3 is 12.1 Å². The third-order valence-electron chi connectivity index (χ3n) is 5.45. The van der Waals surface area contributed by atoms with E-state index in [9.17, 15) is 22.4 Å². The number of hydrogen-bond donors (Lipinski definition) is 1. The van der Waals surface area contributed by atoms with Gasteiger partial charge in [-0.3, -0.25) is 0 Å². The Morgan fingerprint density at radius 3 is 2.38 bits per heavy atom. The van der Waals surface area contributed by atoms with Gasteiger partial charge in [-0.05, 0) is 36.1 Å². The number of carbonyl (C=O) groups excluding carboxylic acids is 1. The average Bonchev–Trinajstić information content (AvgIpc) is 2.82. The first-order chi connectivity index (χ1) is 16.2. The molecular weight excluding hydrogens is 452 g/mol. The number of rotatable bonds is 7. The van der Waals surface area contributed by atoms with Crippen LogP contribution < -0.4 is 5.32 Å². The van der Waals surface area contributed by atoms with E-state index in [2.05, 4.69) is 10.2 Å². The van der Waals surface area contributed by atoms with Gasteiger partial charge in [0.2, 0.25) is 0 Å². The lowest BCUT2D eigenvalue weighted by Gasteiger charge is -2.32. The van der Waals surface area contributed by atoms with Crippen molar-refractivity contribution in [1.82, 2.24) is 5.32 Å². The molecule has 0 spiro atoms.